The number of nitrogens with zero attached hydrogens (tertiary/aromatic N) is 2. The molecule has 0 fully saturated rings. The van der Waals surface area contributed by atoms with Gasteiger partial charge in [0, 0.05) is 51.2 Å². The number of hydrogen-bond acceptors (Lipinski definition) is 3. The molecule has 2 N–H and O–H groups in total. The Morgan fingerprint density at radius 2 is 2.00 bits per heavy atom. The third-order valence-corrected chi connectivity index (χ3v) is 3.28. The van der Waals surface area contributed by atoms with Gasteiger partial charge in [0.1, 0.15) is 5.82 Å². The van der Waals surface area contributed by atoms with Crippen LogP contribution in [-0.2, 0) is 6.42 Å². The zero-order valence-electron chi connectivity index (χ0n) is 11.9. The lowest BCUT2D eigenvalue weighted by molar-refractivity contribution is 0.571. The Morgan fingerprint density at radius 3 is 2.58 bits per heavy atom. The van der Waals surface area contributed by atoms with E-state index in [-0.39, 0.29) is 0 Å². The molecule has 1 aromatic carbocycles. The van der Waals surface area contributed by atoms with Crippen molar-refractivity contribution < 1.29 is 0 Å². The molecule has 0 spiro atoms. The molecule has 0 saturated carbocycles. The summed E-state index contributed by atoms with van der Waals surface area (Å²) in [5.41, 5.74) is 2.54. The van der Waals surface area contributed by atoms with Crippen LogP contribution in [0.15, 0.2) is 36.7 Å². The number of rotatable bonds is 6. The first-order chi connectivity index (χ1) is 9.16. The minimum Gasteiger partial charge on any atom is -0.378 e. The van der Waals surface area contributed by atoms with Gasteiger partial charge in [-0.2, -0.15) is 0 Å². The van der Waals surface area contributed by atoms with E-state index in [2.05, 4.69) is 65.5 Å². The molecule has 4 nitrogen and oxygen atoms in total. The monoisotopic (exact) mass is 258 g/mol. The van der Waals surface area contributed by atoms with Gasteiger partial charge in [-0.1, -0.05) is 12.1 Å². The summed E-state index contributed by atoms with van der Waals surface area (Å²) in [5, 5.41) is 3.51. The Labute approximate surface area is 114 Å². The van der Waals surface area contributed by atoms with E-state index < -0.39 is 0 Å². The van der Waals surface area contributed by atoms with Crippen molar-refractivity contribution in [2.45, 2.75) is 19.4 Å². The Balaban J connectivity index is 1.83. The zero-order chi connectivity index (χ0) is 13.7. The van der Waals surface area contributed by atoms with Crippen molar-refractivity contribution in [2.75, 3.05) is 25.5 Å². The van der Waals surface area contributed by atoms with Gasteiger partial charge in [-0.25, -0.2) is 4.98 Å². The maximum Gasteiger partial charge on any atom is 0.107 e. The number of H-pyrrole nitrogens is 1. The van der Waals surface area contributed by atoms with Gasteiger partial charge >= 0.3 is 0 Å². The zero-order valence-corrected chi connectivity index (χ0v) is 11.9. The quantitative estimate of drug-likeness (QED) is 0.836. The summed E-state index contributed by atoms with van der Waals surface area (Å²) >= 11 is 0. The van der Waals surface area contributed by atoms with Gasteiger partial charge in [-0.15, -0.1) is 0 Å². The van der Waals surface area contributed by atoms with Crippen LogP contribution in [0.2, 0.25) is 0 Å². The van der Waals surface area contributed by atoms with E-state index in [1.54, 1.807) is 6.20 Å². The van der Waals surface area contributed by atoms with Gasteiger partial charge in [0.05, 0.1) is 0 Å². The first-order valence-corrected chi connectivity index (χ1v) is 6.66. The number of benzene rings is 1. The SMILES string of the molecule is CC(NCCc1ncc[nH]1)c1ccc(N(C)C)cc1. The second-order valence-corrected chi connectivity index (χ2v) is 4.95. The van der Waals surface area contributed by atoms with E-state index in [9.17, 15) is 0 Å². The fourth-order valence-corrected chi connectivity index (χ4v) is 2.02. The van der Waals surface area contributed by atoms with E-state index in [0.29, 0.717) is 6.04 Å². The highest BCUT2D eigenvalue weighted by atomic mass is 15.1. The summed E-state index contributed by atoms with van der Waals surface area (Å²) < 4.78 is 0. The maximum absolute atomic E-state index is 4.22. The minimum absolute atomic E-state index is 0.353. The fraction of sp³-hybridized carbons (Fsp3) is 0.400. The van der Waals surface area contributed by atoms with Crippen LogP contribution in [0.1, 0.15) is 24.4 Å². The van der Waals surface area contributed by atoms with Crippen LogP contribution in [0.5, 0.6) is 0 Å². The largest absolute Gasteiger partial charge is 0.378 e. The Kier molecular flexibility index (Phi) is 4.58. The molecule has 0 aliphatic rings. The molecule has 1 unspecified atom stereocenters. The molecule has 0 saturated heterocycles. The molecule has 0 aliphatic heterocycles. The summed E-state index contributed by atoms with van der Waals surface area (Å²) in [6.07, 6.45) is 4.57. The van der Waals surface area contributed by atoms with E-state index in [1.165, 1.54) is 11.3 Å². The van der Waals surface area contributed by atoms with Gasteiger partial charge in [0.25, 0.3) is 0 Å². The third kappa shape index (κ3) is 3.83. The van der Waals surface area contributed by atoms with Crippen molar-refractivity contribution in [1.82, 2.24) is 15.3 Å². The molecular weight excluding hydrogens is 236 g/mol. The van der Waals surface area contributed by atoms with Gasteiger partial charge in [-0.3, -0.25) is 0 Å². The Morgan fingerprint density at radius 1 is 1.26 bits per heavy atom. The predicted molar refractivity (Wildman–Crippen MR) is 79.5 cm³/mol. The van der Waals surface area contributed by atoms with Crippen molar-refractivity contribution in [3.63, 3.8) is 0 Å². The van der Waals surface area contributed by atoms with E-state index >= 15 is 0 Å². The second-order valence-electron chi connectivity index (χ2n) is 4.95. The molecule has 1 aromatic heterocycles. The standard InChI is InChI=1S/C15H22N4/c1-12(16-9-8-15-17-10-11-18-15)13-4-6-14(7-5-13)19(2)3/h4-7,10-12,16H,8-9H2,1-3H3,(H,17,18). The number of anilines is 1. The van der Waals surface area contributed by atoms with Crippen LogP contribution in [-0.4, -0.2) is 30.6 Å². The smallest absolute Gasteiger partial charge is 0.107 e. The van der Waals surface area contributed by atoms with Crippen molar-refractivity contribution in [2.24, 2.45) is 0 Å². The van der Waals surface area contributed by atoms with Gasteiger partial charge in [-0.05, 0) is 24.6 Å². The molecule has 2 rings (SSSR count). The lowest BCUT2D eigenvalue weighted by Gasteiger charge is -2.16. The van der Waals surface area contributed by atoms with Crippen molar-refractivity contribution in [3.8, 4) is 0 Å². The average Bonchev–Trinajstić information content (AvgIpc) is 2.92. The van der Waals surface area contributed by atoms with E-state index in [4.69, 9.17) is 0 Å². The first-order valence-electron chi connectivity index (χ1n) is 6.66. The third-order valence-electron chi connectivity index (χ3n) is 3.28. The molecule has 19 heavy (non-hydrogen) atoms. The minimum atomic E-state index is 0.353. The lowest BCUT2D eigenvalue weighted by atomic mass is 10.1. The highest BCUT2D eigenvalue weighted by Gasteiger charge is 2.05. The number of hydrogen-bond donors (Lipinski definition) is 2. The summed E-state index contributed by atoms with van der Waals surface area (Å²) in [7, 11) is 4.11. The highest BCUT2D eigenvalue weighted by molar-refractivity contribution is 5.46. The van der Waals surface area contributed by atoms with Crippen molar-refractivity contribution >= 4 is 5.69 Å². The molecule has 2 aromatic rings. The molecule has 4 heteroatoms. The van der Waals surface area contributed by atoms with Gasteiger partial charge in [0.2, 0.25) is 0 Å². The molecule has 1 atom stereocenters. The fourth-order valence-electron chi connectivity index (χ4n) is 2.02. The normalized spacial score (nSPS) is 12.4. The van der Waals surface area contributed by atoms with Crippen LogP contribution in [0.25, 0.3) is 0 Å². The number of aromatic amines is 1. The van der Waals surface area contributed by atoms with Crippen LogP contribution in [0, 0.1) is 0 Å². The molecule has 0 aliphatic carbocycles. The molecule has 0 amide bonds. The summed E-state index contributed by atoms with van der Waals surface area (Å²) in [5.74, 6) is 1.03. The number of imidazole rings is 1. The molecule has 0 radical (unpaired) electrons. The van der Waals surface area contributed by atoms with Crippen molar-refractivity contribution in [1.29, 1.82) is 0 Å². The summed E-state index contributed by atoms with van der Waals surface area (Å²) in [6, 6.07) is 9.02. The molecule has 1 heterocycles. The van der Waals surface area contributed by atoms with Crippen molar-refractivity contribution in [3.05, 3.63) is 48.0 Å². The molecule has 102 valence electrons. The number of nitrogens with one attached hydrogen (secondary N) is 2. The highest BCUT2D eigenvalue weighted by Crippen LogP contribution is 2.17. The van der Waals surface area contributed by atoms with E-state index in [1.807, 2.05) is 6.20 Å². The Hall–Kier alpha value is -1.81. The Bertz CT molecular complexity index is 473. The molecule has 0 bridgehead atoms. The van der Waals surface area contributed by atoms with Gasteiger partial charge in [0.15, 0.2) is 0 Å². The maximum atomic E-state index is 4.22. The first kappa shape index (κ1) is 13.6. The summed E-state index contributed by atoms with van der Waals surface area (Å²) in [4.78, 5) is 9.44. The van der Waals surface area contributed by atoms with Gasteiger partial charge < -0.3 is 15.2 Å². The van der Waals surface area contributed by atoms with E-state index in [0.717, 1.165) is 18.8 Å². The predicted octanol–water partition coefficient (Wildman–Crippen LogP) is 2.37. The lowest BCUT2D eigenvalue weighted by Crippen LogP contribution is -2.21. The van der Waals surface area contributed by atoms with Crippen LogP contribution < -0.4 is 10.2 Å². The van der Waals surface area contributed by atoms with Crippen LogP contribution in [0.4, 0.5) is 5.69 Å². The summed E-state index contributed by atoms with van der Waals surface area (Å²) in [6.45, 7) is 3.11. The second kappa shape index (κ2) is 6.38. The number of aromatic nitrogens is 2. The molecular formula is C15H22N4. The topological polar surface area (TPSA) is 44.0 Å². The van der Waals surface area contributed by atoms with Crippen LogP contribution >= 0.6 is 0 Å². The van der Waals surface area contributed by atoms with Crippen LogP contribution in [0.3, 0.4) is 0 Å². The average molecular weight is 258 g/mol.